The first kappa shape index (κ1) is 28.2. The van der Waals surface area contributed by atoms with E-state index < -0.39 is 26.0 Å². The lowest BCUT2D eigenvalue weighted by Gasteiger charge is -2.20. The molecule has 1 aliphatic rings. The van der Waals surface area contributed by atoms with Gasteiger partial charge in [0.1, 0.15) is 0 Å². The van der Waals surface area contributed by atoms with Crippen LogP contribution in [0.3, 0.4) is 0 Å². The number of hydrogen-bond donors (Lipinski definition) is 4. The monoisotopic (exact) mass is 614 g/mol. The quantitative estimate of drug-likeness (QED) is 0.226. The SMILES string of the molecule is CC(=O)Nc1nc(C)c(S(=O)(=O)Nc2ccc3c(c2)-c2c(c(C(=O)N=N)nn2-c2ccc(S(N)(=O)=O)cc2)CC3)s1. The molecule has 2 aromatic heterocycles. The third-order valence-electron chi connectivity index (χ3n) is 6.24. The van der Waals surface area contributed by atoms with Gasteiger partial charge in [-0.2, -0.15) is 5.10 Å². The molecular weight excluding hydrogens is 593 g/mol. The first-order valence-electron chi connectivity index (χ1n) is 11.9. The average Bonchev–Trinajstić information content (AvgIpc) is 3.48. The molecule has 4 aromatic rings. The van der Waals surface area contributed by atoms with Crippen LogP contribution < -0.4 is 15.2 Å². The molecule has 0 saturated heterocycles. The molecule has 17 heteroatoms. The van der Waals surface area contributed by atoms with Crippen LogP contribution in [-0.4, -0.2) is 43.4 Å². The molecule has 2 heterocycles. The Hall–Kier alpha value is -4.32. The number of nitrogens with two attached hydrogens (primary N) is 1. The smallest absolute Gasteiger partial charge is 0.302 e. The van der Waals surface area contributed by atoms with Crippen LogP contribution in [0.15, 0.2) is 56.7 Å². The second kappa shape index (κ2) is 10.3. The van der Waals surface area contributed by atoms with Gasteiger partial charge in [0.2, 0.25) is 15.9 Å². The summed E-state index contributed by atoms with van der Waals surface area (Å²) in [6, 6.07) is 10.5. The van der Waals surface area contributed by atoms with E-state index in [9.17, 15) is 26.4 Å². The lowest BCUT2D eigenvalue weighted by atomic mass is 9.88. The molecule has 1 aliphatic carbocycles. The molecule has 0 atom stereocenters. The third kappa shape index (κ3) is 5.39. The number of carbonyl (C=O) groups is 2. The summed E-state index contributed by atoms with van der Waals surface area (Å²) in [5.41, 5.74) is 10.5. The van der Waals surface area contributed by atoms with Crippen molar-refractivity contribution in [1.82, 2.24) is 14.8 Å². The number of nitrogens with zero attached hydrogens (tertiary/aromatic N) is 4. The maximum Gasteiger partial charge on any atom is 0.315 e. The van der Waals surface area contributed by atoms with Crippen molar-refractivity contribution in [3.8, 4) is 16.9 Å². The highest BCUT2D eigenvalue weighted by Gasteiger charge is 2.30. The number of amides is 2. The fraction of sp³-hybridized carbons (Fsp3) is 0.167. The molecule has 5 N–H and O–H groups in total. The van der Waals surface area contributed by atoms with Crippen molar-refractivity contribution in [2.75, 3.05) is 10.0 Å². The van der Waals surface area contributed by atoms with Gasteiger partial charge in [-0.15, -0.1) is 5.11 Å². The zero-order valence-electron chi connectivity index (χ0n) is 21.5. The lowest BCUT2D eigenvalue weighted by Crippen LogP contribution is -2.14. The molecule has 0 spiro atoms. The molecule has 5 rings (SSSR count). The van der Waals surface area contributed by atoms with Crippen molar-refractivity contribution in [3.63, 3.8) is 0 Å². The molecule has 0 radical (unpaired) electrons. The number of primary sulfonamides is 1. The van der Waals surface area contributed by atoms with E-state index in [0.717, 1.165) is 16.9 Å². The van der Waals surface area contributed by atoms with E-state index in [1.54, 1.807) is 18.2 Å². The number of aryl methyl sites for hydroxylation is 2. The van der Waals surface area contributed by atoms with E-state index in [4.69, 9.17) is 10.7 Å². The van der Waals surface area contributed by atoms with Crippen molar-refractivity contribution < 1.29 is 26.4 Å². The van der Waals surface area contributed by atoms with E-state index in [0.29, 0.717) is 35.3 Å². The molecule has 212 valence electrons. The van der Waals surface area contributed by atoms with Crippen LogP contribution in [0.25, 0.3) is 16.9 Å². The summed E-state index contributed by atoms with van der Waals surface area (Å²) in [5.74, 6) is -1.23. The number of carbonyl (C=O) groups excluding carboxylic acids is 2. The molecule has 0 fully saturated rings. The summed E-state index contributed by atoms with van der Waals surface area (Å²) in [6.45, 7) is 2.81. The van der Waals surface area contributed by atoms with E-state index in [2.05, 4.69) is 25.2 Å². The summed E-state index contributed by atoms with van der Waals surface area (Å²) >= 11 is 0.818. The molecule has 41 heavy (non-hydrogen) atoms. The van der Waals surface area contributed by atoms with E-state index >= 15 is 0 Å². The maximum atomic E-state index is 13.3. The van der Waals surface area contributed by atoms with E-state index in [1.165, 1.54) is 42.8 Å². The minimum Gasteiger partial charge on any atom is -0.302 e. The van der Waals surface area contributed by atoms with Crippen molar-refractivity contribution in [1.29, 1.82) is 5.53 Å². The fourth-order valence-electron chi connectivity index (χ4n) is 4.53. The van der Waals surface area contributed by atoms with Crippen LogP contribution in [0.4, 0.5) is 10.8 Å². The van der Waals surface area contributed by atoms with Gasteiger partial charge in [-0.3, -0.25) is 14.3 Å². The van der Waals surface area contributed by atoms with Gasteiger partial charge >= 0.3 is 5.91 Å². The summed E-state index contributed by atoms with van der Waals surface area (Å²) in [5, 5.41) is 15.3. The number of anilines is 2. The predicted octanol–water partition coefficient (Wildman–Crippen LogP) is 2.98. The highest BCUT2D eigenvalue weighted by molar-refractivity contribution is 7.94. The van der Waals surface area contributed by atoms with Gasteiger partial charge in [-0.1, -0.05) is 17.4 Å². The Bertz CT molecular complexity index is 1960. The van der Waals surface area contributed by atoms with Gasteiger partial charge < -0.3 is 5.32 Å². The first-order chi connectivity index (χ1) is 19.3. The minimum atomic E-state index is -4.09. The molecule has 14 nitrogen and oxygen atoms in total. The Morgan fingerprint density at radius 2 is 1.80 bits per heavy atom. The fourth-order valence-corrected chi connectivity index (χ4v) is 7.55. The van der Waals surface area contributed by atoms with Gasteiger partial charge in [0.15, 0.2) is 15.0 Å². The molecular formula is C24H22N8O6S3. The minimum absolute atomic E-state index is 0.0343. The third-order valence-corrected chi connectivity index (χ3v) is 10.2. The Morgan fingerprint density at radius 3 is 2.44 bits per heavy atom. The standard InChI is InChI=1S/C24H22N8O6S3/c1-12-23(39-24(27-12)28-13(2)33)41(37,38)31-15-5-3-14-4-10-18-20(22(34)29-25)30-32(21(18)19(14)11-15)16-6-8-17(9-7-16)40(26,35)36/h3,5-9,11,25,31H,4,10H2,1-2H3,(H2,26,35,36)(H,27,28,33). The topological polar surface area (TPSA) is 219 Å². The zero-order valence-corrected chi connectivity index (χ0v) is 23.9. The Labute approximate surface area is 238 Å². The average molecular weight is 615 g/mol. The summed E-state index contributed by atoms with van der Waals surface area (Å²) in [6.07, 6.45) is 0.920. The Balaban J connectivity index is 1.60. The lowest BCUT2D eigenvalue weighted by molar-refractivity contribution is -0.114. The second-order valence-electron chi connectivity index (χ2n) is 9.09. The van der Waals surface area contributed by atoms with Crippen molar-refractivity contribution >= 4 is 54.0 Å². The number of sulfonamides is 2. The normalized spacial score (nSPS) is 12.8. The molecule has 2 aromatic carbocycles. The molecule has 2 amide bonds. The molecule has 0 bridgehead atoms. The van der Waals surface area contributed by atoms with Crippen LogP contribution in [-0.2, 0) is 37.7 Å². The van der Waals surface area contributed by atoms with Crippen LogP contribution in [0.5, 0.6) is 0 Å². The highest BCUT2D eigenvalue weighted by Crippen LogP contribution is 2.39. The molecule has 0 unspecified atom stereocenters. The largest absolute Gasteiger partial charge is 0.315 e. The second-order valence-corrected chi connectivity index (χ2v) is 13.5. The van der Waals surface area contributed by atoms with Crippen molar-refractivity contribution in [2.45, 2.75) is 35.8 Å². The summed E-state index contributed by atoms with van der Waals surface area (Å²) < 4.78 is 53.9. The number of thiazole rings is 1. The van der Waals surface area contributed by atoms with Gasteiger partial charge in [0.05, 0.1) is 22.0 Å². The number of hydrogen-bond acceptors (Lipinski definition) is 10. The number of nitrogens with one attached hydrogen (secondary N) is 3. The molecule has 0 saturated carbocycles. The molecule has 0 aliphatic heterocycles. The van der Waals surface area contributed by atoms with Crippen molar-refractivity contribution in [2.24, 2.45) is 10.3 Å². The van der Waals surface area contributed by atoms with E-state index in [1.807, 2.05) is 0 Å². The number of fused-ring (bicyclic) bond motifs is 3. The van der Waals surface area contributed by atoms with Crippen LogP contribution in [0.2, 0.25) is 0 Å². The maximum absolute atomic E-state index is 13.3. The predicted molar refractivity (Wildman–Crippen MR) is 149 cm³/mol. The Morgan fingerprint density at radius 1 is 1.10 bits per heavy atom. The summed E-state index contributed by atoms with van der Waals surface area (Å²) in [4.78, 5) is 27.9. The van der Waals surface area contributed by atoms with Crippen molar-refractivity contribution in [3.05, 3.63) is 65.0 Å². The van der Waals surface area contributed by atoms with Crippen LogP contribution >= 0.6 is 11.3 Å². The number of benzene rings is 2. The van der Waals surface area contributed by atoms with Gasteiger partial charge in [-0.05, 0) is 61.7 Å². The van der Waals surface area contributed by atoms with Crippen LogP contribution in [0.1, 0.15) is 34.2 Å². The zero-order chi connectivity index (χ0) is 29.7. The summed E-state index contributed by atoms with van der Waals surface area (Å²) in [7, 11) is -8.03. The first-order valence-corrected chi connectivity index (χ1v) is 15.7. The highest BCUT2D eigenvalue weighted by atomic mass is 32.2. The van der Waals surface area contributed by atoms with Gasteiger partial charge in [0.25, 0.3) is 10.0 Å². The number of aromatic nitrogens is 3. The van der Waals surface area contributed by atoms with Gasteiger partial charge in [0, 0.05) is 23.7 Å². The number of rotatable bonds is 7. The van der Waals surface area contributed by atoms with Gasteiger partial charge in [-0.25, -0.2) is 37.2 Å². The van der Waals surface area contributed by atoms with E-state index in [-0.39, 0.29) is 37.2 Å². The van der Waals surface area contributed by atoms with Crippen LogP contribution in [0, 0.1) is 12.5 Å². The Kier molecular flexibility index (Phi) is 7.06.